The fourth-order valence-corrected chi connectivity index (χ4v) is 5.01. The van der Waals surface area contributed by atoms with Crippen LogP contribution in [-0.4, -0.2) is 50.7 Å². The summed E-state index contributed by atoms with van der Waals surface area (Å²) in [6.07, 6.45) is 20.5. The Bertz CT molecular complexity index is 1450. The second-order valence-electron chi connectivity index (χ2n) is 10.2. The first-order valence-electron chi connectivity index (χ1n) is 14.7. The van der Waals surface area contributed by atoms with Crippen LogP contribution in [0.1, 0.15) is 64.9 Å². The first-order chi connectivity index (χ1) is 19.7. The average Bonchev–Trinajstić information content (AvgIpc) is 3.40. The molecule has 4 aromatic rings. The Morgan fingerprint density at radius 1 is 0.925 bits per heavy atom. The van der Waals surface area contributed by atoms with Gasteiger partial charge >= 0.3 is 0 Å². The van der Waals surface area contributed by atoms with Crippen molar-refractivity contribution in [1.82, 2.24) is 24.5 Å². The number of benzene rings is 1. The Hall–Kier alpha value is -3.77. The quantitative estimate of drug-likeness (QED) is 0.0821. The Morgan fingerprint density at radius 2 is 1.82 bits per heavy atom. The van der Waals surface area contributed by atoms with E-state index in [1.165, 1.54) is 25.7 Å². The number of ether oxygens (including phenoxy) is 1. The minimum atomic E-state index is 0.711. The van der Waals surface area contributed by atoms with Gasteiger partial charge in [-0.15, -0.1) is 0 Å². The van der Waals surface area contributed by atoms with E-state index in [1.54, 1.807) is 0 Å². The third-order valence-electron chi connectivity index (χ3n) is 7.10. The molecule has 0 fully saturated rings. The molecule has 6 nitrogen and oxygen atoms in total. The van der Waals surface area contributed by atoms with Crippen LogP contribution in [0.4, 0.5) is 0 Å². The smallest absolute Gasteiger partial charge is 0.162 e. The Balaban J connectivity index is 1.51. The normalized spacial score (nSPS) is 12.5. The zero-order valence-corrected chi connectivity index (χ0v) is 24.4. The molecule has 4 rings (SSSR count). The van der Waals surface area contributed by atoms with E-state index < -0.39 is 0 Å². The number of hydrogen-bond acceptors (Lipinski definition) is 5. The molecule has 0 radical (unpaired) electrons. The minimum Gasteiger partial charge on any atom is -0.497 e. The molecule has 3 aromatic heterocycles. The van der Waals surface area contributed by atoms with Gasteiger partial charge in [-0.2, -0.15) is 5.10 Å². The summed E-state index contributed by atoms with van der Waals surface area (Å²) in [5.74, 6) is 1.01. The highest BCUT2D eigenvalue weighted by molar-refractivity contribution is 5.97. The lowest BCUT2D eigenvalue weighted by atomic mass is 10.0. The SMILES string of the molecule is C=C/C(=C\C=C(/CCC)OCCN(CCC)CCCCC)c1cnc2c(-c3cccc4ncccc34)cnn2c1. The number of unbranched alkanes of at least 4 members (excludes halogenated alkanes) is 2. The lowest BCUT2D eigenvalue weighted by molar-refractivity contribution is 0.150. The molecule has 40 heavy (non-hydrogen) atoms. The standard InChI is InChI=1S/C34H43N5O/c1-5-9-10-21-38(20-7-3)22-23-40-29(13-6-2)18-17-27(8-4)28-24-36-34-32(25-37-39(34)26-28)30-14-11-16-33-31(30)15-12-19-35-33/h8,11-12,14-19,24-26H,4-7,9-10,13,20-23H2,1-3H3/b27-17+,29-18+. The van der Waals surface area contributed by atoms with Crippen molar-refractivity contribution in [1.29, 1.82) is 0 Å². The van der Waals surface area contributed by atoms with Crippen LogP contribution < -0.4 is 0 Å². The fraction of sp³-hybridized carbons (Fsp3) is 0.382. The second kappa shape index (κ2) is 15.1. The van der Waals surface area contributed by atoms with Gasteiger partial charge in [-0.05, 0) is 61.7 Å². The molecule has 0 N–H and O–H groups in total. The van der Waals surface area contributed by atoms with Gasteiger partial charge in [0.1, 0.15) is 6.61 Å². The predicted molar refractivity (Wildman–Crippen MR) is 167 cm³/mol. The number of pyridine rings is 1. The molecule has 210 valence electrons. The summed E-state index contributed by atoms with van der Waals surface area (Å²) in [5.41, 5.74) is 5.76. The van der Waals surface area contributed by atoms with E-state index in [-0.39, 0.29) is 0 Å². The van der Waals surface area contributed by atoms with Crippen molar-refractivity contribution in [2.24, 2.45) is 0 Å². The lowest BCUT2D eigenvalue weighted by Crippen LogP contribution is -2.29. The molecule has 0 aliphatic rings. The van der Waals surface area contributed by atoms with E-state index in [0.29, 0.717) is 6.61 Å². The maximum atomic E-state index is 6.26. The molecule has 3 heterocycles. The van der Waals surface area contributed by atoms with Crippen molar-refractivity contribution in [2.75, 3.05) is 26.2 Å². The molecule has 0 saturated heterocycles. The monoisotopic (exact) mass is 537 g/mol. The number of rotatable bonds is 16. The van der Waals surface area contributed by atoms with E-state index in [1.807, 2.05) is 53.6 Å². The van der Waals surface area contributed by atoms with Gasteiger partial charge in [0.05, 0.1) is 17.5 Å². The molecule has 0 spiro atoms. The Morgan fingerprint density at radius 3 is 2.62 bits per heavy atom. The van der Waals surface area contributed by atoms with E-state index in [9.17, 15) is 0 Å². The molecule has 0 bridgehead atoms. The molecular weight excluding hydrogens is 494 g/mol. The summed E-state index contributed by atoms with van der Waals surface area (Å²) in [5, 5.41) is 5.72. The lowest BCUT2D eigenvalue weighted by Gasteiger charge is -2.22. The summed E-state index contributed by atoms with van der Waals surface area (Å²) in [4.78, 5) is 11.8. The van der Waals surface area contributed by atoms with Gasteiger partial charge in [0, 0.05) is 48.1 Å². The van der Waals surface area contributed by atoms with Crippen LogP contribution in [-0.2, 0) is 4.74 Å². The van der Waals surface area contributed by atoms with Gasteiger partial charge in [0.25, 0.3) is 0 Å². The molecular formula is C34H43N5O. The predicted octanol–water partition coefficient (Wildman–Crippen LogP) is 8.12. The zero-order chi connectivity index (χ0) is 28.2. The van der Waals surface area contributed by atoms with Crippen molar-refractivity contribution in [2.45, 2.75) is 59.3 Å². The van der Waals surface area contributed by atoms with Crippen molar-refractivity contribution in [3.8, 4) is 11.1 Å². The summed E-state index contributed by atoms with van der Waals surface area (Å²) < 4.78 is 8.09. The maximum absolute atomic E-state index is 6.26. The summed E-state index contributed by atoms with van der Waals surface area (Å²) in [6.45, 7) is 14.7. The highest BCUT2D eigenvalue weighted by Gasteiger charge is 2.12. The fourth-order valence-electron chi connectivity index (χ4n) is 5.01. The molecule has 0 amide bonds. The van der Waals surface area contributed by atoms with E-state index in [0.717, 1.165) is 77.0 Å². The summed E-state index contributed by atoms with van der Waals surface area (Å²) in [6, 6.07) is 10.2. The molecule has 0 saturated carbocycles. The first kappa shape index (κ1) is 29.2. The zero-order valence-electron chi connectivity index (χ0n) is 24.4. The van der Waals surface area contributed by atoms with Crippen LogP contribution in [0.2, 0.25) is 0 Å². The average molecular weight is 538 g/mol. The van der Waals surface area contributed by atoms with E-state index in [2.05, 4.69) is 66.6 Å². The van der Waals surface area contributed by atoms with E-state index >= 15 is 0 Å². The number of nitrogens with zero attached hydrogens (tertiary/aromatic N) is 5. The highest BCUT2D eigenvalue weighted by Crippen LogP contribution is 2.30. The third-order valence-corrected chi connectivity index (χ3v) is 7.10. The largest absolute Gasteiger partial charge is 0.497 e. The van der Waals surface area contributed by atoms with Crippen LogP contribution in [0.3, 0.4) is 0 Å². The topological polar surface area (TPSA) is 55.5 Å². The first-order valence-corrected chi connectivity index (χ1v) is 14.7. The van der Waals surface area contributed by atoms with Crippen molar-refractivity contribution in [3.63, 3.8) is 0 Å². The van der Waals surface area contributed by atoms with Crippen LogP contribution in [0.15, 0.2) is 85.7 Å². The van der Waals surface area contributed by atoms with Crippen molar-refractivity contribution >= 4 is 22.1 Å². The number of hydrogen-bond donors (Lipinski definition) is 0. The number of allylic oxidation sites excluding steroid dienone is 5. The second-order valence-corrected chi connectivity index (χ2v) is 10.2. The Kier molecular flexibility index (Phi) is 11.1. The van der Waals surface area contributed by atoms with Crippen LogP contribution >= 0.6 is 0 Å². The number of fused-ring (bicyclic) bond motifs is 2. The molecule has 0 atom stereocenters. The maximum Gasteiger partial charge on any atom is 0.162 e. The molecule has 0 unspecified atom stereocenters. The van der Waals surface area contributed by atoms with Gasteiger partial charge < -0.3 is 4.74 Å². The van der Waals surface area contributed by atoms with Gasteiger partial charge in [-0.3, -0.25) is 9.88 Å². The van der Waals surface area contributed by atoms with Gasteiger partial charge in [0.15, 0.2) is 5.65 Å². The van der Waals surface area contributed by atoms with Crippen LogP contribution in [0.5, 0.6) is 0 Å². The third kappa shape index (κ3) is 7.45. The van der Waals surface area contributed by atoms with Crippen LogP contribution in [0, 0.1) is 0 Å². The molecule has 0 aliphatic carbocycles. The minimum absolute atomic E-state index is 0.711. The molecule has 0 aliphatic heterocycles. The summed E-state index contributed by atoms with van der Waals surface area (Å²) in [7, 11) is 0. The highest BCUT2D eigenvalue weighted by atomic mass is 16.5. The van der Waals surface area contributed by atoms with Crippen LogP contribution in [0.25, 0.3) is 33.3 Å². The molecule has 6 heteroatoms. The van der Waals surface area contributed by atoms with Crippen molar-refractivity contribution in [3.05, 3.63) is 91.2 Å². The van der Waals surface area contributed by atoms with Crippen molar-refractivity contribution < 1.29 is 4.74 Å². The van der Waals surface area contributed by atoms with Gasteiger partial charge in [0.2, 0.25) is 0 Å². The molecule has 1 aromatic carbocycles. The summed E-state index contributed by atoms with van der Waals surface area (Å²) >= 11 is 0. The van der Waals surface area contributed by atoms with Gasteiger partial charge in [-0.25, -0.2) is 9.50 Å². The Labute approximate surface area is 239 Å². The van der Waals surface area contributed by atoms with E-state index in [4.69, 9.17) is 9.72 Å². The number of aromatic nitrogens is 4. The van der Waals surface area contributed by atoms with Gasteiger partial charge in [-0.1, -0.05) is 70.5 Å².